The van der Waals surface area contributed by atoms with Crippen LogP contribution < -0.4 is 0 Å². The van der Waals surface area contributed by atoms with Crippen LogP contribution in [0, 0.1) is 0 Å². The van der Waals surface area contributed by atoms with Gasteiger partial charge in [0.05, 0.1) is 34.4 Å². The highest BCUT2D eigenvalue weighted by Crippen LogP contribution is 2.19. The maximum Gasteiger partial charge on any atom is 0.361 e. The number of carboxylic acid groups (broad SMARTS) is 1. The molecule has 9 heteroatoms. The standard InChI is InChI=1S/C92H161NO8/c1-6-8-10-12-14-16-18-20-22-24-26-28-30-32-34-36-38-40-42-44-45-47-49-51-53-55-57-59-61-63-65-67-69-71-73-75-77-79-81-83-90(95)101-88(87-100-92(91(96)97)98-85-84-93(3,4)5)86-99-89(94)82-80-78-76-74-72-70-68-66-64-62-60-58-56-54-52-50-48-46-43-41-39-37-35-33-31-29-27-25-23-21-19-17-15-13-11-9-7-2/h8,10,14,16,19-22,25-28,32,34,38,40,44-45,49,51,88,92H,6-7,9,11-13,15,17-18,23-24,29-31,33,35-37,39,41-43,46-48,50,52-87H2,1-5H3/p+1/b10-8-,16-14-,21-19-,22-20-,27-25-,28-26-,34-32-,40-38-,45-44-,51-49-. The average Bonchev–Trinajstić information content (AvgIpc) is 1.21. The van der Waals surface area contributed by atoms with Crippen molar-refractivity contribution < 1.29 is 42.9 Å². The second-order valence-electron chi connectivity index (χ2n) is 29.8. The molecule has 0 fully saturated rings. The van der Waals surface area contributed by atoms with E-state index in [4.69, 9.17) is 18.9 Å². The van der Waals surface area contributed by atoms with E-state index >= 15 is 0 Å². The molecule has 0 aromatic carbocycles. The number of nitrogens with zero attached hydrogens (tertiary/aromatic N) is 1. The number of esters is 2. The van der Waals surface area contributed by atoms with E-state index in [9.17, 15) is 19.5 Å². The fraction of sp³-hybridized carbons (Fsp3) is 0.750. The third-order valence-corrected chi connectivity index (χ3v) is 18.7. The molecule has 0 aliphatic heterocycles. The lowest BCUT2D eigenvalue weighted by Crippen LogP contribution is -2.40. The highest BCUT2D eigenvalue weighted by molar-refractivity contribution is 5.71. The molecule has 0 rings (SSSR count). The van der Waals surface area contributed by atoms with Crippen LogP contribution in [0.1, 0.15) is 386 Å². The van der Waals surface area contributed by atoms with Crippen LogP contribution in [0.3, 0.4) is 0 Å². The van der Waals surface area contributed by atoms with Crippen molar-refractivity contribution in [2.75, 3.05) is 47.5 Å². The normalized spacial score (nSPS) is 13.2. The second kappa shape index (κ2) is 81.4. The van der Waals surface area contributed by atoms with Gasteiger partial charge >= 0.3 is 17.9 Å². The molecule has 0 radical (unpaired) electrons. The molecular formula is C92H162NO8+. The van der Waals surface area contributed by atoms with Crippen LogP contribution in [0.5, 0.6) is 0 Å². The number of rotatable bonds is 79. The summed E-state index contributed by atoms with van der Waals surface area (Å²) in [5, 5.41) is 9.79. The van der Waals surface area contributed by atoms with E-state index in [-0.39, 0.29) is 32.2 Å². The van der Waals surface area contributed by atoms with Gasteiger partial charge in [0.15, 0.2) is 6.10 Å². The summed E-state index contributed by atoms with van der Waals surface area (Å²) in [4.78, 5) is 37.8. The first kappa shape index (κ1) is 96.7. The molecule has 1 N–H and O–H groups in total. The van der Waals surface area contributed by atoms with Crippen molar-refractivity contribution in [2.24, 2.45) is 0 Å². The Bertz CT molecular complexity index is 2090. The van der Waals surface area contributed by atoms with Gasteiger partial charge in [-0.1, -0.05) is 386 Å². The van der Waals surface area contributed by atoms with Gasteiger partial charge in [0.2, 0.25) is 0 Å². The number of hydrogen-bond donors (Lipinski definition) is 1. The molecule has 0 aromatic heterocycles. The molecule has 0 spiro atoms. The van der Waals surface area contributed by atoms with Gasteiger partial charge in [0.1, 0.15) is 13.2 Å². The van der Waals surface area contributed by atoms with Gasteiger partial charge in [-0.2, -0.15) is 0 Å². The summed E-state index contributed by atoms with van der Waals surface area (Å²) < 4.78 is 23.1. The molecule has 0 bridgehead atoms. The molecule has 0 aromatic rings. The number of aliphatic carboxylic acids is 1. The van der Waals surface area contributed by atoms with Crippen molar-refractivity contribution in [3.05, 3.63) is 122 Å². The van der Waals surface area contributed by atoms with Crippen molar-refractivity contribution >= 4 is 17.9 Å². The lowest BCUT2D eigenvalue weighted by molar-refractivity contribution is -0.870. The van der Waals surface area contributed by atoms with Gasteiger partial charge < -0.3 is 28.5 Å². The van der Waals surface area contributed by atoms with Crippen molar-refractivity contribution in [1.82, 2.24) is 0 Å². The van der Waals surface area contributed by atoms with E-state index in [1.165, 1.54) is 263 Å². The molecule has 0 aliphatic carbocycles. The number of carboxylic acids is 1. The third kappa shape index (κ3) is 82.8. The van der Waals surface area contributed by atoms with Crippen LogP contribution >= 0.6 is 0 Å². The SMILES string of the molecule is CC/C=C\C/C=C\C/C=C\C/C=C\C/C=C\C/C=C\C/C=C\C/C=C\CCCCCCCCCCCCCCCCC(=O)OC(COC(=O)CCCCCCCCCCCCCCCCCCCCCCCCCCC/C=C\C/C=C\CCCCCCC)COC(OCC[N+](C)(C)C)C(=O)O. The highest BCUT2D eigenvalue weighted by Gasteiger charge is 2.25. The zero-order valence-corrected chi connectivity index (χ0v) is 66.8. The van der Waals surface area contributed by atoms with Crippen LogP contribution in [0.15, 0.2) is 122 Å². The topological polar surface area (TPSA) is 108 Å². The van der Waals surface area contributed by atoms with Gasteiger partial charge in [0, 0.05) is 12.8 Å². The fourth-order valence-electron chi connectivity index (χ4n) is 12.2. The van der Waals surface area contributed by atoms with Crippen LogP contribution in [0.2, 0.25) is 0 Å². The molecule has 0 saturated carbocycles. The van der Waals surface area contributed by atoms with E-state index in [0.29, 0.717) is 17.4 Å². The van der Waals surface area contributed by atoms with Crippen molar-refractivity contribution in [1.29, 1.82) is 0 Å². The Balaban J connectivity index is 3.99. The maximum atomic E-state index is 13.0. The average molecular weight is 1410 g/mol. The van der Waals surface area contributed by atoms with Gasteiger partial charge in [-0.05, 0) is 109 Å². The smallest absolute Gasteiger partial charge is 0.361 e. The molecule has 0 aliphatic rings. The van der Waals surface area contributed by atoms with E-state index in [1.54, 1.807) is 0 Å². The summed E-state index contributed by atoms with van der Waals surface area (Å²) in [7, 11) is 5.99. The molecule has 9 nitrogen and oxygen atoms in total. The predicted molar refractivity (Wildman–Crippen MR) is 438 cm³/mol. The van der Waals surface area contributed by atoms with Crippen LogP contribution in [0.4, 0.5) is 0 Å². The minimum Gasteiger partial charge on any atom is -0.477 e. The predicted octanol–water partition coefficient (Wildman–Crippen LogP) is 27.8. The summed E-state index contributed by atoms with van der Waals surface area (Å²) in [6.07, 6.45) is 114. The Kier molecular flexibility index (Phi) is 77.9. The minimum atomic E-state index is -1.52. The van der Waals surface area contributed by atoms with Crippen molar-refractivity contribution in [3.8, 4) is 0 Å². The van der Waals surface area contributed by atoms with Crippen LogP contribution in [-0.2, 0) is 33.3 Å². The summed E-state index contributed by atoms with van der Waals surface area (Å²) in [6.45, 7) is 4.80. The number of likely N-dealkylation sites (N-methyl/N-ethyl adjacent to an activating group) is 1. The first-order valence-electron chi connectivity index (χ1n) is 42.7. The zero-order valence-electron chi connectivity index (χ0n) is 66.8. The van der Waals surface area contributed by atoms with Gasteiger partial charge in [-0.25, -0.2) is 4.79 Å². The Morgan fingerprint density at radius 1 is 0.307 bits per heavy atom. The number of unbranched alkanes of at least 4 members (excludes halogenated alkanes) is 44. The van der Waals surface area contributed by atoms with Gasteiger partial charge in [0.25, 0.3) is 6.29 Å². The molecule has 0 heterocycles. The Hall–Kier alpha value is -4.31. The summed E-state index contributed by atoms with van der Waals surface area (Å²) in [6, 6.07) is 0. The van der Waals surface area contributed by atoms with E-state index in [1.807, 2.05) is 21.1 Å². The number of carbonyl (C=O) groups is 3. The number of carbonyl (C=O) groups excluding carboxylic acids is 2. The second-order valence-corrected chi connectivity index (χ2v) is 29.8. The first-order chi connectivity index (χ1) is 49.6. The monoisotopic (exact) mass is 1410 g/mol. The number of ether oxygens (including phenoxy) is 4. The van der Waals surface area contributed by atoms with Crippen LogP contribution in [-0.4, -0.2) is 87.4 Å². The largest absolute Gasteiger partial charge is 0.477 e. The lowest BCUT2D eigenvalue weighted by Gasteiger charge is -2.25. The molecular weight excluding hydrogens is 1250 g/mol. The van der Waals surface area contributed by atoms with Crippen molar-refractivity contribution in [3.63, 3.8) is 0 Å². The van der Waals surface area contributed by atoms with Crippen LogP contribution in [0.25, 0.3) is 0 Å². The summed E-state index contributed by atoms with van der Waals surface area (Å²) in [5.74, 6) is -1.99. The molecule has 101 heavy (non-hydrogen) atoms. The quantitative estimate of drug-likeness (QED) is 0.0211. The van der Waals surface area contributed by atoms with E-state index < -0.39 is 24.3 Å². The Morgan fingerprint density at radius 2 is 0.564 bits per heavy atom. The number of hydrogen-bond acceptors (Lipinski definition) is 7. The number of allylic oxidation sites excluding steroid dienone is 20. The van der Waals surface area contributed by atoms with E-state index in [2.05, 4.69) is 135 Å². The molecule has 0 amide bonds. The maximum absolute atomic E-state index is 13.0. The molecule has 2 atom stereocenters. The fourth-order valence-corrected chi connectivity index (χ4v) is 12.2. The summed E-state index contributed by atoms with van der Waals surface area (Å²) in [5.41, 5.74) is 0. The first-order valence-corrected chi connectivity index (χ1v) is 42.7. The Labute approximate surface area is 625 Å². The Morgan fingerprint density at radius 3 is 0.842 bits per heavy atom. The van der Waals surface area contributed by atoms with Gasteiger partial charge in [-0.15, -0.1) is 0 Å². The molecule has 582 valence electrons. The molecule has 0 saturated heterocycles. The number of quaternary nitrogens is 1. The minimum absolute atomic E-state index is 0.182. The zero-order chi connectivity index (χ0) is 73.2. The van der Waals surface area contributed by atoms with E-state index in [0.717, 1.165) is 96.3 Å². The third-order valence-electron chi connectivity index (χ3n) is 18.7. The highest BCUT2D eigenvalue weighted by atomic mass is 16.7. The molecule has 2 unspecified atom stereocenters. The van der Waals surface area contributed by atoms with Gasteiger partial charge in [-0.3, -0.25) is 9.59 Å². The van der Waals surface area contributed by atoms with Crippen molar-refractivity contribution in [2.45, 2.75) is 399 Å². The summed E-state index contributed by atoms with van der Waals surface area (Å²) >= 11 is 0. The lowest BCUT2D eigenvalue weighted by atomic mass is 10.0.